The topological polar surface area (TPSA) is 73.8 Å². The molecule has 0 aliphatic rings. The van der Waals surface area contributed by atoms with Crippen LogP contribution in [0.25, 0.3) is 22.6 Å². The highest BCUT2D eigenvalue weighted by molar-refractivity contribution is 5.58. The molecule has 0 fully saturated rings. The second-order valence-electron chi connectivity index (χ2n) is 6.96. The molecule has 4 aromatic rings. The summed E-state index contributed by atoms with van der Waals surface area (Å²) in [6, 6.07) is 19.5. The fourth-order valence-corrected chi connectivity index (χ4v) is 3.05. The van der Waals surface area contributed by atoms with Crippen LogP contribution in [-0.2, 0) is 19.4 Å². The lowest BCUT2D eigenvalue weighted by molar-refractivity contribution is 0.368. The zero-order valence-corrected chi connectivity index (χ0v) is 16.5. The summed E-state index contributed by atoms with van der Waals surface area (Å²) in [5, 5.41) is 8.54. The average molecular weight is 386 g/mol. The van der Waals surface area contributed by atoms with Gasteiger partial charge in [-0.05, 0) is 25.0 Å². The number of rotatable bonds is 6. The molecule has 6 heteroatoms. The molecule has 0 aliphatic heterocycles. The third-order valence-corrected chi connectivity index (χ3v) is 4.84. The van der Waals surface area contributed by atoms with E-state index in [2.05, 4.69) is 34.3 Å². The summed E-state index contributed by atoms with van der Waals surface area (Å²) in [6.45, 7) is 4.52. The minimum absolute atomic E-state index is 0.155. The Labute approximate surface area is 168 Å². The first kappa shape index (κ1) is 18.8. The Morgan fingerprint density at radius 3 is 2.38 bits per heavy atom. The monoisotopic (exact) mass is 386 g/mol. The molecule has 29 heavy (non-hydrogen) atoms. The molecule has 0 radical (unpaired) electrons. The summed E-state index contributed by atoms with van der Waals surface area (Å²) in [4.78, 5) is 16.7. The normalized spacial score (nSPS) is 11.0. The van der Waals surface area contributed by atoms with Gasteiger partial charge >= 0.3 is 0 Å². The molecular weight excluding hydrogens is 364 g/mol. The molecule has 2 aromatic heterocycles. The number of hydrogen-bond donors (Lipinski definition) is 0. The Bertz CT molecular complexity index is 1160. The standard InChI is InChI=1S/C23H22N4O2/c1-3-17-6-10-18(11-7-17)20-12-13-22(28)27(25-20)15-14-21-24-23(26-29-21)19-8-4-16(2)5-9-19/h4-13H,3,14-15H2,1-2H3. The molecule has 0 saturated carbocycles. The van der Waals surface area contributed by atoms with Crippen LogP contribution in [0.5, 0.6) is 0 Å². The van der Waals surface area contributed by atoms with Crippen LogP contribution in [0.1, 0.15) is 23.9 Å². The van der Waals surface area contributed by atoms with E-state index in [1.807, 2.05) is 43.3 Å². The van der Waals surface area contributed by atoms with E-state index >= 15 is 0 Å². The van der Waals surface area contributed by atoms with Crippen molar-refractivity contribution >= 4 is 0 Å². The summed E-state index contributed by atoms with van der Waals surface area (Å²) >= 11 is 0. The molecule has 0 amide bonds. The summed E-state index contributed by atoms with van der Waals surface area (Å²) in [5.41, 5.74) is 4.93. The van der Waals surface area contributed by atoms with Crippen LogP contribution in [0.4, 0.5) is 0 Å². The number of nitrogens with zero attached hydrogens (tertiary/aromatic N) is 4. The molecule has 0 spiro atoms. The maximum Gasteiger partial charge on any atom is 0.266 e. The van der Waals surface area contributed by atoms with Crippen LogP contribution in [-0.4, -0.2) is 19.9 Å². The first-order valence-electron chi connectivity index (χ1n) is 9.69. The van der Waals surface area contributed by atoms with Gasteiger partial charge in [0.05, 0.1) is 12.2 Å². The van der Waals surface area contributed by atoms with Gasteiger partial charge in [-0.25, -0.2) is 4.68 Å². The molecule has 6 nitrogen and oxygen atoms in total. The number of aromatic nitrogens is 4. The lowest BCUT2D eigenvalue weighted by atomic mass is 10.1. The molecule has 0 atom stereocenters. The Hall–Kier alpha value is -3.54. The van der Waals surface area contributed by atoms with Crippen LogP contribution in [0.15, 0.2) is 70.0 Å². The van der Waals surface area contributed by atoms with Gasteiger partial charge in [0.25, 0.3) is 5.56 Å². The smallest absolute Gasteiger partial charge is 0.266 e. The molecule has 0 aliphatic carbocycles. The van der Waals surface area contributed by atoms with Gasteiger partial charge in [-0.15, -0.1) is 0 Å². The van der Waals surface area contributed by atoms with Gasteiger partial charge in [0.1, 0.15) is 0 Å². The minimum Gasteiger partial charge on any atom is -0.339 e. The van der Waals surface area contributed by atoms with Crippen molar-refractivity contribution in [2.24, 2.45) is 0 Å². The fourth-order valence-electron chi connectivity index (χ4n) is 3.05. The highest BCUT2D eigenvalue weighted by Crippen LogP contribution is 2.18. The van der Waals surface area contributed by atoms with Crippen molar-refractivity contribution in [3.05, 3.63) is 88.0 Å². The van der Waals surface area contributed by atoms with Crippen molar-refractivity contribution in [2.45, 2.75) is 33.2 Å². The predicted molar refractivity (Wildman–Crippen MR) is 111 cm³/mol. The molecule has 0 N–H and O–H groups in total. The Balaban J connectivity index is 1.49. The lowest BCUT2D eigenvalue weighted by Crippen LogP contribution is -2.23. The molecular formula is C23H22N4O2. The highest BCUT2D eigenvalue weighted by atomic mass is 16.5. The second-order valence-corrected chi connectivity index (χ2v) is 6.96. The van der Waals surface area contributed by atoms with Crippen molar-refractivity contribution in [1.29, 1.82) is 0 Å². The minimum atomic E-state index is -0.155. The first-order valence-corrected chi connectivity index (χ1v) is 9.69. The third kappa shape index (κ3) is 4.32. The molecule has 0 saturated heterocycles. The van der Waals surface area contributed by atoms with Crippen molar-refractivity contribution in [3.63, 3.8) is 0 Å². The van der Waals surface area contributed by atoms with E-state index < -0.39 is 0 Å². The maximum absolute atomic E-state index is 12.2. The van der Waals surface area contributed by atoms with Gasteiger partial charge in [0, 0.05) is 23.6 Å². The van der Waals surface area contributed by atoms with Crippen LogP contribution in [0.2, 0.25) is 0 Å². The van der Waals surface area contributed by atoms with Gasteiger partial charge in [-0.2, -0.15) is 10.1 Å². The summed E-state index contributed by atoms with van der Waals surface area (Å²) in [5.74, 6) is 1.03. The zero-order valence-electron chi connectivity index (χ0n) is 16.5. The first-order chi connectivity index (χ1) is 14.1. The summed E-state index contributed by atoms with van der Waals surface area (Å²) in [6.07, 6.45) is 1.42. The highest BCUT2D eigenvalue weighted by Gasteiger charge is 2.10. The van der Waals surface area contributed by atoms with Crippen LogP contribution in [0.3, 0.4) is 0 Å². The summed E-state index contributed by atoms with van der Waals surface area (Å²) < 4.78 is 6.79. The van der Waals surface area contributed by atoms with E-state index in [1.165, 1.54) is 15.8 Å². The van der Waals surface area contributed by atoms with Crippen molar-refractivity contribution in [3.8, 4) is 22.6 Å². The maximum atomic E-state index is 12.2. The molecule has 0 unspecified atom stereocenters. The Kier molecular flexibility index (Phi) is 5.33. The van der Waals surface area contributed by atoms with Gasteiger partial charge in [-0.3, -0.25) is 4.79 Å². The molecule has 2 heterocycles. The van der Waals surface area contributed by atoms with Crippen molar-refractivity contribution in [1.82, 2.24) is 19.9 Å². The predicted octanol–water partition coefficient (Wildman–Crippen LogP) is 4.07. The van der Waals surface area contributed by atoms with Gasteiger partial charge in [0.2, 0.25) is 11.7 Å². The Morgan fingerprint density at radius 2 is 1.66 bits per heavy atom. The van der Waals surface area contributed by atoms with E-state index in [0.717, 1.165) is 23.2 Å². The van der Waals surface area contributed by atoms with Crippen LogP contribution < -0.4 is 5.56 Å². The van der Waals surface area contributed by atoms with Gasteiger partial charge < -0.3 is 4.52 Å². The second kappa shape index (κ2) is 8.22. The zero-order chi connectivity index (χ0) is 20.2. The third-order valence-electron chi connectivity index (χ3n) is 4.84. The van der Waals surface area contributed by atoms with E-state index in [1.54, 1.807) is 12.1 Å². The molecule has 0 bridgehead atoms. The average Bonchev–Trinajstić information content (AvgIpc) is 3.23. The Morgan fingerprint density at radius 1 is 0.931 bits per heavy atom. The van der Waals surface area contributed by atoms with E-state index in [4.69, 9.17) is 4.52 Å². The SMILES string of the molecule is CCc1ccc(-c2ccc(=O)n(CCc3nc(-c4ccc(C)cc4)no3)n2)cc1. The number of benzene rings is 2. The van der Waals surface area contributed by atoms with E-state index in [-0.39, 0.29) is 5.56 Å². The van der Waals surface area contributed by atoms with E-state index in [0.29, 0.717) is 24.7 Å². The quantitative estimate of drug-likeness (QED) is 0.499. The number of aryl methyl sites for hydroxylation is 4. The van der Waals surface area contributed by atoms with Gasteiger partial charge in [-0.1, -0.05) is 66.2 Å². The van der Waals surface area contributed by atoms with Crippen molar-refractivity contribution in [2.75, 3.05) is 0 Å². The largest absolute Gasteiger partial charge is 0.339 e. The van der Waals surface area contributed by atoms with Crippen LogP contribution in [0, 0.1) is 6.92 Å². The van der Waals surface area contributed by atoms with Crippen molar-refractivity contribution < 1.29 is 4.52 Å². The lowest BCUT2D eigenvalue weighted by Gasteiger charge is -2.06. The van der Waals surface area contributed by atoms with Gasteiger partial charge in [0.15, 0.2) is 0 Å². The van der Waals surface area contributed by atoms with E-state index in [9.17, 15) is 4.79 Å². The summed E-state index contributed by atoms with van der Waals surface area (Å²) in [7, 11) is 0. The fraction of sp³-hybridized carbons (Fsp3) is 0.217. The van der Waals surface area contributed by atoms with Crippen LogP contribution >= 0.6 is 0 Å². The molecule has 4 rings (SSSR count). The number of hydrogen-bond acceptors (Lipinski definition) is 5. The molecule has 146 valence electrons. The molecule has 2 aromatic carbocycles.